The number of thiophene rings is 1. The van der Waals surface area contributed by atoms with Gasteiger partial charge in [0.1, 0.15) is 13.2 Å². The van der Waals surface area contributed by atoms with Crippen molar-refractivity contribution in [2.45, 2.75) is 19.5 Å². The van der Waals surface area contributed by atoms with E-state index in [1.54, 1.807) is 11.3 Å². The molecule has 2 aromatic rings. The summed E-state index contributed by atoms with van der Waals surface area (Å²) in [6.45, 7) is 4.29. The quantitative estimate of drug-likeness (QED) is 0.928. The van der Waals surface area contributed by atoms with E-state index in [0.29, 0.717) is 19.3 Å². The second-order valence-electron chi connectivity index (χ2n) is 4.60. The number of benzene rings is 1. The maximum absolute atomic E-state index is 5.59. The first-order valence-corrected chi connectivity index (χ1v) is 7.36. The van der Waals surface area contributed by atoms with Gasteiger partial charge in [-0.15, -0.1) is 11.3 Å². The summed E-state index contributed by atoms with van der Waals surface area (Å²) in [6.07, 6.45) is 0. The molecule has 1 aliphatic rings. The van der Waals surface area contributed by atoms with E-state index >= 15 is 0 Å². The molecule has 3 rings (SSSR count). The van der Waals surface area contributed by atoms with E-state index in [2.05, 4.69) is 41.9 Å². The number of rotatable bonds is 4. The Morgan fingerprint density at radius 3 is 2.84 bits per heavy atom. The first kappa shape index (κ1) is 12.5. The molecule has 0 aliphatic carbocycles. The summed E-state index contributed by atoms with van der Waals surface area (Å²) in [7, 11) is 0. The fraction of sp³-hybridized carbons (Fsp3) is 0.333. The molecule has 1 atom stereocenters. The number of hydrogen-bond donors (Lipinski definition) is 1. The summed E-state index contributed by atoms with van der Waals surface area (Å²) >= 11 is 1.78. The van der Waals surface area contributed by atoms with Crippen molar-refractivity contribution in [2.75, 3.05) is 13.2 Å². The second-order valence-corrected chi connectivity index (χ2v) is 5.58. The lowest BCUT2D eigenvalue weighted by atomic mass is 10.1. The van der Waals surface area contributed by atoms with Crippen LogP contribution in [0.1, 0.15) is 23.4 Å². The summed E-state index contributed by atoms with van der Waals surface area (Å²) in [4.78, 5) is 1.36. The van der Waals surface area contributed by atoms with Crippen molar-refractivity contribution in [1.29, 1.82) is 0 Å². The van der Waals surface area contributed by atoms with Crippen LogP contribution in [-0.2, 0) is 6.54 Å². The summed E-state index contributed by atoms with van der Waals surface area (Å²) < 4.78 is 11.1. The van der Waals surface area contributed by atoms with Gasteiger partial charge < -0.3 is 14.8 Å². The van der Waals surface area contributed by atoms with Gasteiger partial charge in [-0.25, -0.2) is 0 Å². The first-order chi connectivity index (χ1) is 9.33. The Balaban J connectivity index is 1.64. The predicted octanol–water partition coefficient (Wildman–Crippen LogP) is 3.37. The molecule has 0 saturated carbocycles. The Morgan fingerprint density at radius 2 is 2.05 bits per heavy atom. The zero-order valence-electron chi connectivity index (χ0n) is 10.9. The van der Waals surface area contributed by atoms with Crippen molar-refractivity contribution in [1.82, 2.24) is 5.32 Å². The average molecular weight is 275 g/mol. The normalized spacial score (nSPS) is 15.2. The molecule has 0 fully saturated rings. The van der Waals surface area contributed by atoms with Crippen LogP contribution in [0.4, 0.5) is 0 Å². The van der Waals surface area contributed by atoms with Crippen molar-refractivity contribution in [3.8, 4) is 11.5 Å². The van der Waals surface area contributed by atoms with Crippen molar-refractivity contribution in [2.24, 2.45) is 0 Å². The SMILES string of the molecule is C[C@@H](NCc1ccc2c(c1)OCCO2)c1cccs1. The molecule has 4 heteroatoms. The Kier molecular flexibility index (Phi) is 3.71. The van der Waals surface area contributed by atoms with Crippen LogP contribution in [-0.4, -0.2) is 13.2 Å². The first-order valence-electron chi connectivity index (χ1n) is 6.48. The molecular weight excluding hydrogens is 258 g/mol. The van der Waals surface area contributed by atoms with Crippen LogP contribution < -0.4 is 14.8 Å². The third-order valence-corrected chi connectivity index (χ3v) is 4.24. The Hall–Kier alpha value is -1.52. The summed E-state index contributed by atoms with van der Waals surface area (Å²) in [5.74, 6) is 1.70. The van der Waals surface area contributed by atoms with Crippen LogP contribution in [0.2, 0.25) is 0 Å². The monoisotopic (exact) mass is 275 g/mol. The molecule has 0 amide bonds. The van der Waals surface area contributed by atoms with Crippen LogP contribution >= 0.6 is 11.3 Å². The largest absolute Gasteiger partial charge is 0.486 e. The van der Waals surface area contributed by atoms with Crippen molar-refractivity contribution in [3.63, 3.8) is 0 Å². The van der Waals surface area contributed by atoms with Crippen LogP contribution in [0.5, 0.6) is 11.5 Å². The molecule has 100 valence electrons. The molecule has 1 N–H and O–H groups in total. The minimum atomic E-state index is 0.369. The summed E-state index contributed by atoms with van der Waals surface area (Å²) in [5, 5.41) is 5.63. The Labute approximate surface area is 117 Å². The third-order valence-electron chi connectivity index (χ3n) is 3.19. The van der Waals surface area contributed by atoms with Gasteiger partial charge in [0.05, 0.1) is 0 Å². The smallest absolute Gasteiger partial charge is 0.161 e. The molecule has 0 unspecified atom stereocenters. The van der Waals surface area contributed by atoms with Gasteiger partial charge in [-0.2, -0.15) is 0 Å². The number of fused-ring (bicyclic) bond motifs is 1. The highest BCUT2D eigenvalue weighted by molar-refractivity contribution is 7.10. The van der Waals surface area contributed by atoms with Gasteiger partial charge in [-0.3, -0.25) is 0 Å². The van der Waals surface area contributed by atoms with E-state index in [0.717, 1.165) is 18.0 Å². The molecule has 0 spiro atoms. The molecule has 3 nitrogen and oxygen atoms in total. The van der Waals surface area contributed by atoms with Gasteiger partial charge in [0, 0.05) is 17.5 Å². The highest BCUT2D eigenvalue weighted by atomic mass is 32.1. The van der Waals surface area contributed by atoms with Crippen molar-refractivity contribution >= 4 is 11.3 Å². The number of nitrogens with one attached hydrogen (secondary N) is 1. The molecule has 1 aliphatic heterocycles. The van der Waals surface area contributed by atoms with E-state index in [1.807, 2.05) is 6.07 Å². The Bertz CT molecular complexity index is 539. The summed E-state index contributed by atoms with van der Waals surface area (Å²) in [5.41, 5.74) is 1.22. The van der Waals surface area contributed by atoms with E-state index < -0.39 is 0 Å². The number of hydrogen-bond acceptors (Lipinski definition) is 4. The third kappa shape index (κ3) is 2.91. The lowest BCUT2D eigenvalue weighted by molar-refractivity contribution is 0.171. The van der Waals surface area contributed by atoms with Crippen LogP contribution in [0.3, 0.4) is 0 Å². The van der Waals surface area contributed by atoms with Crippen LogP contribution in [0.25, 0.3) is 0 Å². The fourth-order valence-electron chi connectivity index (χ4n) is 2.11. The fourth-order valence-corrected chi connectivity index (χ4v) is 2.87. The highest BCUT2D eigenvalue weighted by Gasteiger charge is 2.12. The maximum Gasteiger partial charge on any atom is 0.161 e. The van der Waals surface area contributed by atoms with Gasteiger partial charge in [0.15, 0.2) is 11.5 Å². The standard InChI is InChI=1S/C15H17NO2S/c1-11(15-3-2-8-19-15)16-10-12-4-5-13-14(9-12)18-7-6-17-13/h2-5,8-9,11,16H,6-7,10H2,1H3/t11-/m1/s1. The zero-order valence-corrected chi connectivity index (χ0v) is 11.7. The summed E-state index contributed by atoms with van der Waals surface area (Å²) in [6, 6.07) is 10.7. The van der Waals surface area contributed by atoms with E-state index in [4.69, 9.17) is 9.47 Å². The van der Waals surface area contributed by atoms with Crippen LogP contribution in [0, 0.1) is 0 Å². The lowest BCUT2D eigenvalue weighted by Crippen LogP contribution is -2.18. The Morgan fingerprint density at radius 1 is 1.21 bits per heavy atom. The van der Waals surface area contributed by atoms with Crippen molar-refractivity contribution in [3.05, 3.63) is 46.2 Å². The molecule has 0 saturated heterocycles. The minimum absolute atomic E-state index is 0.369. The van der Waals surface area contributed by atoms with Crippen LogP contribution in [0.15, 0.2) is 35.7 Å². The topological polar surface area (TPSA) is 30.5 Å². The van der Waals surface area contributed by atoms with Gasteiger partial charge in [-0.05, 0) is 36.1 Å². The molecule has 0 radical (unpaired) electrons. The van der Waals surface area contributed by atoms with Gasteiger partial charge >= 0.3 is 0 Å². The molecule has 0 bridgehead atoms. The van der Waals surface area contributed by atoms with Gasteiger partial charge in [0.2, 0.25) is 0 Å². The second kappa shape index (κ2) is 5.63. The molecule has 2 heterocycles. The van der Waals surface area contributed by atoms with E-state index in [9.17, 15) is 0 Å². The zero-order chi connectivity index (χ0) is 13.1. The van der Waals surface area contributed by atoms with E-state index in [1.165, 1.54) is 10.4 Å². The molecule has 1 aromatic carbocycles. The van der Waals surface area contributed by atoms with E-state index in [-0.39, 0.29) is 0 Å². The lowest BCUT2D eigenvalue weighted by Gasteiger charge is -2.19. The number of ether oxygens (including phenoxy) is 2. The maximum atomic E-state index is 5.59. The molecular formula is C15H17NO2S. The van der Waals surface area contributed by atoms with Gasteiger partial charge in [0.25, 0.3) is 0 Å². The predicted molar refractivity (Wildman–Crippen MR) is 77.0 cm³/mol. The average Bonchev–Trinajstić information content (AvgIpc) is 2.99. The minimum Gasteiger partial charge on any atom is -0.486 e. The highest BCUT2D eigenvalue weighted by Crippen LogP contribution is 2.30. The van der Waals surface area contributed by atoms with Crippen molar-refractivity contribution < 1.29 is 9.47 Å². The van der Waals surface area contributed by atoms with Gasteiger partial charge in [-0.1, -0.05) is 12.1 Å². The molecule has 1 aromatic heterocycles. The molecule has 19 heavy (non-hydrogen) atoms.